The number of carbonyl (C=O) groups excluding carboxylic acids is 2. The maximum absolute atomic E-state index is 12.5. The van der Waals surface area contributed by atoms with Crippen molar-refractivity contribution in [2.75, 3.05) is 35.4 Å². The van der Waals surface area contributed by atoms with E-state index in [4.69, 9.17) is 14.2 Å². The highest BCUT2D eigenvalue weighted by Gasteiger charge is 2.20. The topological polar surface area (TPSA) is 123 Å². The maximum Gasteiger partial charge on any atom is 0.269 e. The number of rotatable bonds is 7. The van der Waals surface area contributed by atoms with Crippen molar-refractivity contribution >= 4 is 21.8 Å². The first-order valence-electron chi connectivity index (χ1n) is 8.59. The third-order valence-corrected chi connectivity index (χ3v) is 5.90. The molecule has 2 N–H and O–H groups in total. The maximum atomic E-state index is 12.5. The smallest absolute Gasteiger partial charge is 0.269 e. The fourth-order valence-corrected chi connectivity index (χ4v) is 3.43. The molecule has 0 saturated heterocycles. The standard InChI is InChI=1S/C19H23N3O7S/c1-22(2)30(25,26)14-8-6-7-12(9-14)18(23)20-21-19(24)13-10-15(27-3)17(29-5)16(11-13)28-4/h6-11H,1-5H3,(H,20,23)(H,21,24). The van der Waals surface area contributed by atoms with E-state index < -0.39 is 21.8 Å². The second kappa shape index (κ2) is 9.46. The van der Waals surface area contributed by atoms with Crippen LogP contribution >= 0.6 is 0 Å². The van der Waals surface area contributed by atoms with Gasteiger partial charge in [-0.3, -0.25) is 20.4 Å². The van der Waals surface area contributed by atoms with E-state index in [1.54, 1.807) is 0 Å². The lowest BCUT2D eigenvalue weighted by Gasteiger charge is -2.14. The number of hydrogen-bond acceptors (Lipinski definition) is 7. The molecule has 2 rings (SSSR count). The minimum Gasteiger partial charge on any atom is -0.493 e. The van der Waals surface area contributed by atoms with E-state index in [0.717, 1.165) is 4.31 Å². The molecule has 2 aromatic rings. The summed E-state index contributed by atoms with van der Waals surface area (Å²) in [4.78, 5) is 24.8. The molecular weight excluding hydrogens is 414 g/mol. The van der Waals surface area contributed by atoms with Crippen LogP contribution in [-0.4, -0.2) is 60.0 Å². The summed E-state index contributed by atoms with van der Waals surface area (Å²) in [6, 6.07) is 8.30. The van der Waals surface area contributed by atoms with Gasteiger partial charge in [0.25, 0.3) is 11.8 Å². The van der Waals surface area contributed by atoms with Crippen LogP contribution in [0.15, 0.2) is 41.3 Å². The molecule has 0 spiro atoms. The number of methoxy groups -OCH3 is 3. The zero-order valence-corrected chi connectivity index (χ0v) is 18.0. The predicted molar refractivity (Wildman–Crippen MR) is 108 cm³/mol. The molecule has 0 radical (unpaired) electrons. The molecule has 11 heteroatoms. The van der Waals surface area contributed by atoms with E-state index in [-0.39, 0.29) is 27.5 Å². The van der Waals surface area contributed by atoms with Crippen LogP contribution in [0, 0.1) is 0 Å². The van der Waals surface area contributed by atoms with Crippen molar-refractivity contribution in [2.24, 2.45) is 0 Å². The summed E-state index contributed by atoms with van der Waals surface area (Å²) >= 11 is 0. The fraction of sp³-hybridized carbons (Fsp3) is 0.263. The van der Waals surface area contributed by atoms with Gasteiger partial charge in [0, 0.05) is 25.2 Å². The molecule has 0 saturated carbocycles. The van der Waals surface area contributed by atoms with E-state index in [2.05, 4.69) is 10.9 Å². The molecule has 0 aliphatic carbocycles. The predicted octanol–water partition coefficient (Wildman–Crippen LogP) is 1.04. The summed E-state index contributed by atoms with van der Waals surface area (Å²) < 4.78 is 41.1. The van der Waals surface area contributed by atoms with Gasteiger partial charge in [0.15, 0.2) is 11.5 Å². The lowest BCUT2D eigenvalue weighted by Crippen LogP contribution is -2.41. The molecule has 0 aromatic heterocycles. The van der Waals surface area contributed by atoms with Crippen LogP contribution in [0.4, 0.5) is 0 Å². The largest absolute Gasteiger partial charge is 0.493 e. The van der Waals surface area contributed by atoms with E-state index >= 15 is 0 Å². The number of nitrogens with one attached hydrogen (secondary N) is 2. The molecule has 2 aromatic carbocycles. The molecule has 10 nitrogen and oxygen atoms in total. The molecule has 0 heterocycles. The zero-order chi connectivity index (χ0) is 22.5. The normalized spacial score (nSPS) is 11.0. The first-order valence-corrected chi connectivity index (χ1v) is 10.0. The molecule has 30 heavy (non-hydrogen) atoms. The molecule has 0 aliphatic rings. The number of amides is 2. The van der Waals surface area contributed by atoms with Crippen molar-refractivity contribution in [1.29, 1.82) is 0 Å². The van der Waals surface area contributed by atoms with Gasteiger partial charge in [-0.1, -0.05) is 6.07 Å². The lowest BCUT2D eigenvalue weighted by atomic mass is 10.1. The van der Waals surface area contributed by atoms with Gasteiger partial charge in [0.05, 0.1) is 26.2 Å². The molecular formula is C19H23N3O7S. The van der Waals surface area contributed by atoms with Gasteiger partial charge < -0.3 is 14.2 Å². The van der Waals surface area contributed by atoms with Crippen LogP contribution in [0.5, 0.6) is 17.2 Å². The highest BCUT2D eigenvalue weighted by Crippen LogP contribution is 2.38. The lowest BCUT2D eigenvalue weighted by molar-refractivity contribution is 0.0846. The van der Waals surface area contributed by atoms with Crippen LogP contribution in [0.2, 0.25) is 0 Å². The molecule has 0 atom stereocenters. The number of ether oxygens (including phenoxy) is 3. The Morgan fingerprint density at radius 1 is 0.833 bits per heavy atom. The van der Waals surface area contributed by atoms with Gasteiger partial charge in [-0.25, -0.2) is 12.7 Å². The first kappa shape index (κ1) is 23.0. The second-order valence-corrected chi connectivity index (χ2v) is 8.29. The Kier molecular flexibility index (Phi) is 7.24. The van der Waals surface area contributed by atoms with Crippen LogP contribution in [0.25, 0.3) is 0 Å². The monoisotopic (exact) mass is 437 g/mol. The van der Waals surface area contributed by atoms with E-state index in [9.17, 15) is 18.0 Å². The van der Waals surface area contributed by atoms with Crippen molar-refractivity contribution in [1.82, 2.24) is 15.2 Å². The van der Waals surface area contributed by atoms with Gasteiger partial charge in [-0.2, -0.15) is 0 Å². The van der Waals surface area contributed by atoms with Crippen molar-refractivity contribution in [3.8, 4) is 17.2 Å². The van der Waals surface area contributed by atoms with Gasteiger partial charge in [-0.15, -0.1) is 0 Å². The second-order valence-electron chi connectivity index (χ2n) is 6.14. The van der Waals surface area contributed by atoms with E-state index in [1.165, 1.54) is 71.8 Å². The summed E-state index contributed by atoms with van der Waals surface area (Å²) in [7, 11) is 3.33. The molecule has 0 aliphatic heterocycles. The first-order chi connectivity index (χ1) is 14.1. The van der Waals surface area contributed by atoms with Crippen molar-refractivity contribution < 1.29 is 32.2 Å². The third kappa shape index (κ3) is 4.81. The molecule has 162 valence electrons. The molecule has 0 bridgehead atoms. The average Bonchev–Trinajstić information content (AvgIpc) is 2.75. The quantitative estimate of drug-likeness (QED) is 0.620. The molecule has 0 unspecified atom stereocenters. The van der Waals surface area contributed by atoms with Crippen LogP contribution in [0.3, 0.4) is 0 Å². The molecule has 0 fully saturated rings. The average molecular weight is 437 g/mol. The van der Waals surface area contributed by atoms with Gasteiger partial charge in [0.1, 0.15) is 0 Å². The summed E-state index contributed by atoms with van der Waals surface area (Å²) in [5, 5.41) is 0. The van der Waals surface area contributed by atoms with Crippen molar-refractivity contribution in [2.45, 2.75) is 4.90 Å². The Labute approximate surface area is 174 Å². The minimum absolute atomic E-state index is 0.0453. The number of nitrogens with zero attached hydrogens (tertiary/aromatic N) is 1. The highest BCUT2D eigenvalue weighted by atomic mass is 32.2. The molecule has 2 amide bonds. The zero-order valence-electron chi connectivity index (χ0n) is 17.2. The fourth-order valence-electron chi connectivity index (χ4n) is 2.48. The number of benzene rings is 2. The van der Waals surface area contributed by atoms with Gasteiger partial charge >= 0.3 is 0 Å². The Balaban J connectivity index is 2.18. The highest BCUT2D eigenvalue weighted by molar-refractivity contribution is 7.89. The Bertz CT molecular complexity index is 1030. The van der Waals surface area contributed by atoms with Crippen LogP contribution in [-0.2, 0) is 10.0 Å². The van der Waals surface area contributed by atoms with Crippen LogP contribution in [0.1, 0.15) is 20.7 Å². The van der Waals surface area contributed by atoms with E-state index in [0.29, 0.717) is 5.75 Å². The van der Waals surface area contributed by atoms with Gasteiger partial charge in [-0.05, 0) is 30.3 Å². The minimum atomic E-state index is -3.70. The van der Waals surface area contributed by atoms with Gasteiger partial charge in [0.2, 0.25) is 15.8 Å². The number of carbonyl (C=O) groups is 2. The number of hydrogen-bond donors (Lipinski definition) is 2. The van der Waals surface area contributed by atoms with Crippen LogP contribution < -0.4 is 25.1 Å². The number of hydrazine groups is 1. The van der Waals surface area contributed by atoms with E-state index in [1.807, 2.05) is 0 Å². The third-order valence-electron chi connectivity index (χ3n) is 4.09. The summed E-state index contributed by atoms with van der Waals surface area (Å²) in [5.41, 5.74) is 4.72. The van der Waals surface area contributed by atoms with Crippen molar-refractivity contribution in [3.63, 3.8) is 0 Å². The Morgan fingerprint density at radius 3 is 1.83 bits per heavy atom. The summed E-state index contributed by atoms with van der Waals surface area (Å²) in [6.45, 7) is 0. The summed E-state index contributed by atoms with van der Waals surface area (Å²) in [6.07, 6.45) is 0. The summed E-state index contributed by atoms with van der Waals surface area (Å²) in [5.74, 6) is -0.462. The SMILES string of the molecule is COc1cc(C(=O)NNC(=O)c2cccc(S(=O)(=O)N(C)C)c2)cc(OC)c1OC. The Morgan fingerprint density at radius 2 is 1.37 bits per heavy atom. The number of sulfonamides is 1. The van der Waals surface area contributed by atoms with Crippen molar-refractivity contribution in [3.05, 3.63) is 47.5 Å². The Hall–Kier alpha value is -3.31.